The van der Waals surface area contributed by atoms with Crippen molar-refractivity contribution < 1.29 is 19.7 Å². The Morgan fingerprint density at radius 1 is 1.56 bits per heavy atom. The molecule has 1 rings (SSSR count). The van der Waals surface area contributed by atoms with Crippen LogP contribution in [0.15, 0.2) is 24.3 Å². The number of methoxy groups -OCH3 is 1. The molecule has 0 amide bonds. The van der Waals surface area contributed by atoms with Crippen molar-refractivity contribution in [1.29, 1.82) is 0 Å². The molecule has 0 saturated heterocycles. The number of benzene rings is 1. The summed E-state index contributed by atoms with van der Waals surface area (Å²) in [6.45, 7) is 2.02. The third-order valence-corrected chi connectivity index (χ3v) is 2.43. The van der Waals surface area contributed by atoms with Gasteiger partial charge in [-0.1, -0.05) is 12.2 Å². The zero-order chi connectivity index (χ0) is 13.5. The van der Waals surface area contributed by atoms with Crippen LogP contribution in [0.3, 0.4) is 0 Å². The molecule has 3 N–H and O–H groups in total. The fourth-order valence-corrected chi connectivity index (χ4v) is 1.36. The number of carboxylic acids is 1. The minimum atomic E-state index is -0.884. The fourth-order valence-electron chi connectivity index (χ4n) is 1.36. The fraction of sp³-hybridized carbons (Fsp3) is 0.308. The van der Waals surface area contributed by atoms with Gasteiger partial charge in [-0.25, -0.2) is 0 Å². The Hall–Kier alpha value is -2.01. The molecule has 0 saturated carbocycles. The van der Waals surface area contributed by atoms with Crippen molar-refractivity contribution in [3.05, 3.63) is 29.8 Å². The van der Waals surface area contributed by atoms with E-state index in [1.165, 1.54) is 13.2 Å². The van der Waals surface area contributed by atoms with Crippen LogP contribution in [0, 0.1) is 0 Å². The molecule has 1 atom stereocenters. The van der Waals surface area contributed by atoms with Gasteiger partial charge in [-0.2, -0.15) is 0 Å². The van der Waals surface area contributed by atoms with Crippen LogP contribution < -0.4 is 10.1 Å². The minimum absolute atomic E-state index is 0.140. The van der Waals surface area contributed by atoms with Crippen LogP contribution in [-0.2, 0) is 4.79 Å². The summed E-state index contributed by atoms with van der Waals surface area (Å²) < 4.78 is 5.12. The first-order valence-corrected chi connectivity index (χ1v) is 5.54. The van der Waals surface area contributed by atoms with E-state index in [9.17, 15) is 9.90 Å². The molecule has 0 bridgehead atoms. The first-order valence-electron chi connectivity index (χ1n) is 5.54. The van der Waals surface area contributed by atoms with Crippen LogP contribution in [0.25, 0.3) is 6.08 Å². The highest BCUT2D eigenvalue weighted by Gasteiger charge is 2.07. The highest BCUT2D eigenvalue weighted by atomic mass is 16.5. The molecule has 0 fully saturated rings. The van der Waals surface area contributed by atoms with Gasteiger partial charge >= 0.3 is 5.97 Å². The van der Waals surface area contributed by atoms with Crippen LogP contribution in [0.1, 0.15) is 12.5 Å². The van der Waals surface area contributed by atoms with Crippen molar-refractivity contribution in [1.82, 2.24) is 5.32 Å². The molecule has 0 spiro atoms. The zero-order valence-electron chi connectivity index (χ0n) is 10.4. The van der Waals surface area contributed by atoms with E-state index in [2.05, 4.69) is 5.32 Å². The number of phenolic OH excluding ortho intramolecular Hbond substituents is 1. The number of hydrogen-bond acceptors (Lipinski definition) is 4. The number of carboxylic acid groups (broad SMARTS) is 1. The van der Waals surface area contributed by atoms with E-state index < -0.39 is 12.0 Å². The molecular weight excluding hydrogens is 234 g/mol. The molecule has 0 aliphatic heterocycles. The van der Waals surface area contributed by atoms with Crippen molar-refractivity contribution >= 4 is 12.0 Å². The molecular formula is C13H17NO4. The molecule has 18 heavy (non-hydrogen) atoms. The smallest absolute Gasteiger partial charge is 0.320 e. The summed E-state index contributed by atoms with van der Waals surface area (Å²) in [6, 6.07) is 4.23. The van der Waals surface area contributed by atoms with Crippen LogP contribution in [0.4, 0.5) is 0 Å². The second-order valence-corrected chi connectivity index (χ2v) is 3.80. The van der Waals surface area contributed by atoms with Crippen molar-refractivity contribution in [3.63, 3.8) is 0 Å². The zero-order valence-corrected chi connectivity index (χ0v) is 10.4. The minimum Gasteiger partial charge on any atom is -0.508 e. The van der Waals surface area contributed by atoms with Gasteiger partial charge < -0.3 is 20.3 Å². The third-order valence-electron chi connectivity index (χ3n) is 2.43. The average Bonchev–Trinajstić information content (AvgIpc) is 2.35. The molecule has 0 aliphatic carbocycles. The molecule has 0 aromatic heterocycles. The number of hydrogen-bond donors (Lipinski definition) is 3. The van der Waals surface area contributed by atoms with E-state index in [-0.39, 0.29) is 5.75 Å². The summed E-state index contributed by atoms with van der Waals surface area (Å²) in [6.07, 6.45) is 3.61. The molecule has 0 unspecified atom stereocenters. The summed E-state index contributed by atoms with van der Waals surface area (Å²) in [5.41, 5.74) is 0.820. The van der Waals surface area contributed by atoms with E-state index in [4.69, 9.17) is 9.84 Å². The first kappa shape index (κ1) is 14.1. The summed E-state index contributed by atoms with van der Waals surface area (Å²) in [4.78, 5) is 10.6. The van der Waals surface area contributed by atoms with Gasteiger partial charge in [-0.3, -0.25) is 4.79 Å². The Morgan fingerprint density at radius 2 is 2.28 bits per heavy atom. The van der Waals surface area contributed by atoms with Gasteiger partial charge in [0.2, 0.25) is 0 Å². The summed E-state index contributed by atoms with van der Waals surface area (Å²) >= 11 is 0. The molecule has 1 aromatic rings. The Balaban J connectivity index is 2.59. The second-order valence-electron chi connectivity index (χ2n) is 3.80. The maximum absolute atomic E-state index is 10.6. The SMILES string of the molecule is COc1cc(O)ccc1C=CCN[C@@H](C)C(=O)O. The van der Waals surface area contributed by atoms with E-state index >= 15 is 0 Å². The number of phenols is 1. The molecule has 0 radical (unpaired) electrons. The molecule has 1 aromatic carbocycles. The Morgan fingerprint density at radius 3 is 2.89 bits per heavy atom. The van der Waals surface area contributed by atoms with Crippen LogP contribution >= 0.6 is 0 Å². The van der Waals surface area contributed by atoms with Gasteiger partial charge in [0.05, 0.1) is 7.11 Å². The van der Waals surface area contributed by atoms with Crippen LogP contribution in [0.5, 0.6) is 11.5 Å². The molecule has 0 heterocycles. The topological polar surface area (TPSA) is 78.8 Å². The lowest BCUT2D eigenvalue weighted by molar-refractivity contribution is -0.138. The highest BCUT2D eigenvalue weighted by Crippen LogP contribution is 2.24. The van der Waals surface area contributed by atoms with Crippen molar-refractivity contribution in [2.75, 3.05) is 13.7 Å². The van der Waals surface area contributed by atoms with Crippen LogP contribution in [0.2, 0.25) is 0 Å². The maximum Gasteiger partial charge on any atom is 0.320 e. The Bertz CT molecular complexity index is 443. The lowest BCUT2D eigenvalue weighted by Gasteiger charge is -2.07. The van der Waals surface area contributed by atoms with E-state index in [1.54, 1.807) is 31.2 Å². The molecule has 98 valence electrons. The number of aliphatic carboxylic acids is 1. The lowest BCUT2D eigenvalue weighted by Crippen LogP contribution is -2.33. The largest absolute Gasteiger partial charge is 0.508 e. The van der Waals surface area contributed by atoms with E-state index in [0.29, 0.717) is 12.3 Å². The first-order chi connectivity index (χ1) is 8.54. The highest BCUT2D eigenvalue weighted by molar-refractivity contribution is 5.72. The van der Waals surface area contributed by atoms with Gasteiger partial charge in [-0.05, 0) is 19.1 Å². The predicted molar refractivity (Wildman–Crippen MR) is 68.8 cm³/mol. The normalized spacial score (nSPS) is 12.6. The monoisotopic (exact) mass is 251 g/mol. The van der Waals surface area contributed by atoms with E-state index in [0.717, 1.165) is 5.56 Å². The van der Waals surface area contributed by atoms with Crippen molar-refractivity contribution in [3.8, 4) is 11.5 Å². The Kier molecular flexibility index (Phi) is 5.20. The van der Waals surface area contributed by atoms with Gasteiger partial charge in [0.1, 0.15) is 17.5 Å². The standard InChI is InChI=1S/C13H17NO4/c1-9(13(16)17)14-7-3-4-10-5-6-11(15)8-12(10)18-2/h3-6,8-9,14-15H,7H2,1-2H3,(H,16,17)/t9-/m0/s1. The van der Waals surface area contributed by atoms with Crippen molar-refractivity contribution in [2.24, 2.45) is 0 Å². The quantitative estimate of drug-likeness (QED) is 0.713. The Labute approximate surface area is 106 Å². The number of ether oxygens (including phenoxy) is 1. The lowest BCUT2D eigenvalue weighted by atomic mass is 10.1. The predicted octanol–water partition coefficient (Wildman–Crippen LogP) is 1.48. The molecule has 5 heteroatoms. The number of rotatable bonds is 6. The summed E-state index contributed by atoms with van der Waals surface area (Å²) in [5.74, 6) is -0.176. The molecule has 0 aliphatic rings. The summed E-state index contributed by atoms with van der Waals surface area (Å²) in [5, 5.41) is 20.8. The van der Waals surface area contributed by atoms with Gasteiger partial charge in [0.25, 0.3) is 0 Å². The number of carbonyl (C=O) groups is 1. The van der Waals surface area contributed by atoms with E-state index in [1.807, 2.05) is 0 Å². The average molecular weight is 251 g/mol. The molecule has 5 nitrogen and oxygen atoms in total. The third kappa shape index (κ3) is 4.10. The second kappa shape index (κ2) is 6.66. The van der Waals surface area contributed by atoms with Gasteiger partial charge in [-0.15, -0.1) is 0 Å². The summed E-state index contributed by atoms with van der Waals surface area (Å²) in [7, 11) is 1.52. The van der Waals surface area contributed by atoms with Gasteiger partial charge in [0.15, 0.2) is 0 Å². The van der Waals surface area contributed by atoms with Crippen molar-refractivity contribution in [2.45, 2.75) is 13.0 Å². The van der Waals surface area contributed by atoms with Crippen LogP contribution in [-0.4, -0.2) is 35.9 Å². The number of nitrogens with one attached hydrogen (secondary N) is 1. The number of aromatic hydroxyl groups is 1. The maximum atomic E-state index is 10.6. The van der Waals surface area contributed by atoms with Gasteiger partial charge in [0, 0.05) is 18.2 Å².